The molecular formula is C20H18N4O3. The lowest BCUT2D eigenvalue weighted by molar-refractivity contribution is 0.0639. The third-order valence-corrected chi connectivity index (χ3v) is 5.19. The Morgan fingerprint density at radius 2 is 2.19 bits per heavy atom. The number of benzene rings is 1. The van der Waals surface area contributed by atoms with E-state index in [2.05, 4.69) is 15.0 Å². The average Bonchev–Trinajstić information content (AvgIpc) is 3.39. The number of aromatic nitrogens is 3. The van der Waals surface area contributed by atoms with E-state index in [4.69, 9.17) is 8.83 Å². The number of aryl methyl sites for hydroxylation is 2. The molecule has 3 aromatic heterocycles. The molecule has 0 radical (unpaired) electrons. The number of nitrogens with one attached hydrogen (secondary N) is 1. The zero-order valence-electron chi connectivity index (χ0n) is 15.0. The zero-order chi connectivity index (χ0) is 18.5. The molecule has 4 aromatic rings. The number of H-pyrrole nitrogens is 1. The van der Waals surface area contributed by atoms with Gasteiger partial charge in [0.25, 0.3) is 5.91 Å². The molecule has 7 heteroatoms. The van der Waals surface area contributed by atoms with Gasteiger partial charge in [-0.2, -0.15) is 0 Å². The topological polar surface area (TPSA) is 88.2 Å². The Hall–Kier alpha value is -3.35. The summed E-state index contributed by atoms with van der Waals surface area (Å²) in [6, 6.07) is 7.54. The molecule has 0 aliphatic carbocycles. The lowest BCUT2D eigenvalue weighted by Crippen LogP contribution is -2.40. The van der Waals surface area contributed by atoms with Crippen LogP contribution in [-0.2, 0) is 6.42 Å². The molecule has 136 valence electrons. The van der Waals surface area contributed by atoms with Gasteiger partial charge in [0.15, 0.2) is 6.39 Å². The molecule has 0 unspecified atom stereocenters. The summed E-state index contributed by atoms with van der Waals surface area (Å²) < 4.78 is 11.5. The highest BCUT2D eigenvalue weighted by atomic mass is 16.4. The van der Waals surface area contributed by atoms with Gasteiger partial charge in [0, 0.05) is 24.0 Å². The maximum absolute atomic E-state index is 13.2. The number of aromatic amines is 1. The summed E-state index contributed by atoms with van der Waals surface area (Å²) in [4.78, 5) is 26.7. The number of hydrogen-bond acceptors (Lipinski definition) is 5. The smallest absolute Gasteiger partial charge is 0.292 e. The first-order valence-corrected chi connectivity index (χ1v) is 8.85. The molecule has 0 saturated heterocycles. The zero-order valence-corrected chi connectivity index (χ0v) is 15.0. The molecule has 0 spiro atoms. The Balaban J connectivity index is 1.66. The number of imidazole rings is 1. The molecule has 1 amide bonds. The number of hydrogen-bond donors (Lipinski definition) is 1. The summed E-state index contributed by atoms with van der Waals surface area (Å²) in [5, 5.41) is 1.04. The second-order valence-corrected chi connectivity index (χ2v) is 6.82. The Kier molecular flexibility index (Phi) is 3.43. The molecule has 1 aliphatic rings. The van der Waals surface area contributed by atoms with Crippen LogP contribution in [0, 0.1) is 13.8 Å². The van der Waals surface area contributed by atoms with Crippen LogP contribution in [0.4, 0.5) is 0 Å². The molecule has 0 bridgehead atoms. The van der Waals surface area contributed by atoms with Gasteiger partial charge in [-0.05, 0) is 31.5 Å². The fourth-order valence-corrected chi connectivity index (χ4v) is 3.78. The van der Waals surface area contributed by atoms with Gasteiger partial charge in [-0.1, -0.05) is 12.1 Å². The summed E-state index contributed by atoms with van der Waals surface area (Å²) in [5.41, 5.74) is 4.34. The number of nitrogens with zero attached hydrogens (tertiary/aromatic N) is 3. The molecule has 1 atom stereocenters. The van der Waals surface area contributed by atoms with Crippen molar-refractivity contribution in [2.45, 2.75) is 26.3 Å². The van der Waals surface area contributed by atoms with Crippen molar-refractivity contribution < 1.29 is 13.6 Å². The molecule has 0 saturated carbocycles. The number of furan rings is 1. The van der Waals surface area contributed by atoms with Gasteiger partial charge in [-0.25, -0.2) is 9.97 Å². The minimum Gasteiger partial charge on any atom is -0.458 e. The standard InChI is InChI=1S/C20H18N4O3/c1-11-4-3-5-15-13(11)8-16(27-15)18-17-14(21-9-22-17)6-7-24(18)20(25)19-12(2)23-10-26-19/h3-5,8-10,18H,6-7H2,1-2H3,(H,21,22)/t18-/m1/s1. The largest absolute Gasteiger partial charge is 0.458 e. The minimum atomic E-state index is -0.413. The summed E-state index contributed by atoms with van der Waals surface area (Å²) in [7, 11) is 0. The Morgan fingerprint density at radius 3 is 2.96 bits per heavy atom. The number of fused-ring (bicyclic) bond motifs is 2. The van der Waals surface area contributed by atoms with Crippen molar-refractivity contribution in [3.8, 4) is 0 Å². The number of oxazole rings is 1. The molecular weight excluding hydrogens is 344 g/mol. The Morgan fingerprint density at radius 1 is 1.30 bits per heavy atom. The van der Waals surface area contributed by atoms with E-state index in [1.165, 1.54) is 6.39 Å². The van der Waals surface area contributed by atoms with Crippen LogP contribution >= 0.6 is 0 Å². The second kappa shape index (κ2) is 5.84. The number of carbonyl (C=O) groups is 1. The van der Waals surface area contributed by atoms with E-state index in [-0.39, 0.29) is 11.7 Å². The van der Waals surface area contributed by atoms with Gasteiger partial charge in [-0.3, -0.25) is 4.79 Å². The lowest BCUT2D eigenvalue weighted by Gasteiger charge is -2.33. The van der Waals surface area contributed by atoms with Crippen molar-refractivity contribution in [1.82, 2.24) is 19.9 Å². The van der Waals surface area contributed by atoms with E-state index in [1.54, 1.807) is 18.2 Å². The van der Waals surface area contributed by atoms with E-state index < -0.39 is 6.04 Å². The van der Waals surface area contributed by atoms with Crippen LogP contribution in [0.15, 0.2) is 45.8 Å². The Labute approximate surface area is 155 Å². The fraction of sp³-hybridized carbons (Fsp3) is 0.250. The fourth-order valence-electron chi connectivity index (χ4n) is 3.78. The molecule has 0 fully saturated rings. The highest BCUT2D eigenvalue weighted by Crippen LogP contribution is 2.37. The van der Waals surface area contributed by atoms with Crippen molar-refractivity contribution in [2.75, 3.05) is 6.54 Å². The summed E-state index contributed by atoms with van der Waals surface area (Å²) in [6.45, 7) is 4.35. The highest BCUT2D eigenvalue weighted by molar-refractivity contribution is 5.93. The van der Waals surface area contributed by atoms with E-state index in [0.717, 1.165) is 27.9 Å². The highest BCUT2D eigenvalue weighted by Gasteiger charge is 2.38. The van der Waals surface area contributed by atoms with E-state index >= 15 is 0 Å². The summed E-state index contributed by atoms with van der Waals surface area (Å²) in [5.74, 6) is 0.741. The molecule has 7 nitrogen and oxygen atoms in total. The van der Waals surface area contributed by atoms with Gasteiger partial charge in [0.2, 0.25) is 5.76 Å². The van der Waals surface area contributed by atoms with Gasteiger partial charge in [0.05, 0.1) is 17.7 Å². The molecule has 5 rings (SSSR count). The second-order valence-electron chi connectivity index (χ2n) is 6.82. The van der Waals surface area contributed by atoms with Crippen LogP contribution < -0.4 is 0 Å². The van der Waals surface area contributed by atoms with E-state index in [1.807, 2.05) is 31.2 Å². The quantitative estimate of drug-likeness (QED) is 0.589. The van der Waals surface area contributed by atoms with E-state index in [0.29, 0.717) is 24.4 Å². The molecule has 4 heterocycles. The van der Waals surface area contributed by atoms with Crippen LogP contribution in [0.5, 0.6) is 0 Å². The van der Waals surface area contributed by atoms with Gasteiger partial charge >= 0.3 is 0 Å². The monoisotopic (exact) mass is 362 g/mol. The van der Waals surface area contributed by atoms with Crippen LogP contribution in [0.1, 0.15) is 45.0 Å². The SMILES string of the molecule is Cc1ncoc1C(=O)N1CCc2[nH]cnc2[C@H]1c1cc2c(C)cccc2o1. The van der Waals surface area contributed by atoms with Crippen LogP contribution in [0.2, 0.25) is 0 Å². The summed E-state index contributed by atoms with van der Waals surface area (Å²) in [6.07, 6.45) is 3.66. The third-order valence-electron chi connectivity index (χ3n) is 5.19. The molecule has 27 heavy (non-hydrogen) atoms. The van der Waals surface area contributed by atoms with Gasteiger partial charge < -0.3 is 18.7 Å². The number of carbonyl (C=O) groups excluding carboxylic acids is 1. The van der Waals surface area contributed by atoms with E-state index in [9.17, 15) is 4.79 Å². The molecule has 1 aromatic carbocycles. The van der Waals surface area contributed by atoms with Crippen LogP contribution in [0.3, 0.4) is 0 Å². The van der Waals surface area contributed by atoms with Crippen LogP contribution in [-0.4, -0.2) is 32.3 Å². The van der Waals surface area contributed by atoms with Crippen LogP contribution in [0.25, 0.3) is 11.0 Å². The maximum atomic E-state index is 13.2. The van der Waals surface area contributed by atoms with Crippen molar-refractivity contribution in [1.29, 1.82) is 0 Å². The maximum Gasteiger partial charge on any atom is 0.292 e. The Bertz CT molecular complexity index is 1150. The molecule has 1 N–H and O–H groups in total. The number of amides is 1. The first kappa shape index (κ1) is 15.9. The third kappa shape index (κ3) is 2.38. The number of rotatable bonds is 2. The van der Waals surface area contributed by atoms with Crippen molar-refractivity contribution in [2.24, 2.45) is 0 Å². The normalized spacial score (nSPS) is 16.7. The lowest BCUT2D eigenvalue weighted by atomic mass is 9.99. The van der Waals surface area contributed by atoms with Crippen molar-refractivity contribution in [3.05, 3.63) is 71.2 Å². The predicted molar refractivity (Wildman–Crippen MR) is 97.4 cm³/mol. The van der Waals surface area contributed by atoms with Crippen molar-refractivity contribution >= 4 is 16.9 Å². The van der Waals surface area contributed by atoms with Crippen molar-refractivity contribution in [3.63, 3.8) is 0 Å². The first-order chi connectivity index (χ1) is 13.1. The predicted octanol–water partition coefficient (Wildman–Crippen LogP) is 3.55. The average molecular weight is 362 g/mol. The van der Waals surface area contributed by atoms with Gasteiger partial charge in [-0.15, -0.1) is 0 Å². The first-order valence-electron chi connectivity index (χ1n) is 8.85. The van der Waals surface area contributed by atoms with Gasteiger partial charge in [0.1, 0.15) is 17.4 Å². The summed E-state index contributed by atoms with van der Waals surface area (Å²) >= 11 is 0. The molecule has 1 aliphatic heterocycles. The minimum absolute atomic E-state index is 0.208.